The summed E-state index contributed by atoms with van der Waals surface area (Å²) in [5, 5.41) is 2.17. The lowest BCUT2D eigenvalue weighted by atomic mass is 10.1. The van der Waals surface area contributed by atoms with Crippen molar-refractivity contribution in [1.29, 1.82) is 0 Å². The maximum atomic E-state index is 5.54. The fraction of sp³-hybridized carbons (Fsp3) is 0.375. The summed E-state index contributed by atoms with van der Waals surface area (Å²) in [7, 11) is 7.47. The first-order valence-electron chi connectivity index (χ1n) is 7.25. The maximum Gasteiger partial charge on any atom is 0.225 e. The highest BCUT2D eigenvalue weighted by molar-refractivity contribution is 7.47. The second kappa shape index (κ2) is 8.46. The highest BCUT2D eigenvalue weighted by Gasteiger charge is 2.23. The number of aromatic nitrogens is 2. The van der Waals surface area contributed by atoms with Crippen LogP contribution in [-0.4, -0.2) is 51.7 Å². The Morgan fingerprint density at radius 2 is 1.04 bits per heavy atom. The van der Waals surface area contributed by atoms with E-state index in [1.54, 1.807) is 28.4 Å². The second-order valence-corrected chi connectivity index (χ2v) is 6.77. The lowest BCUT2D eigenvalue weighted by Gasteiger charge is -2.19. The van der Waals surface area contributed by atoms with Crippen molar-refractivity contribution >= 4 is 27.8 Å². The van der Waals surface area contributed by atoms with Gasteiger partial charge >= 0.3 is 0 Å². The molecule has 0 saturated carbocycles. The van der Waals surface area contributed by atoms with Gasteiger partial charge in [-0.2, -0.15) is 9.97 Å². The van der Waals surface area contributed by atoms with Gasteiger partial charge in [0.1, 0.15) is 0 Å². The molecular formula is C16H22N2O4P2. The zero-order chi connectivity index (χ0) is 17.7. The fourth-order valence-corrected chi connectivity index (χ4v) is 3.88. The maximum absolute atomic E-state index is 5.54. The Balaban J connectivity index is 2.84. The molecule has 2 rings (SSSR count). The van der Waals surface area contributed by atoms with Crippen molar-refractivity contribution in [2.24, 2.45) is 0 Å². The monoisotopic (exact) mass is 368 g/mol. The molecule has 2 aromatic rings. The van der Waals surface area contributed by atoms with E-state index >= 15 is 0 Å². The summed E-state index contributed by atoms with van der Waals surface area (Å²) in [4.78, 5) is 8.87. The van der Waals surface area contributed by atoms with Crippen LogP contribution < -0.4 is 29.6 Å². The molecule has 0 aliphatic carbocycles. The summed E-state index contributed by atoms with van der Waals surface area (Å²) in [5.41, 5.74) is 1.80. The van der Waals surface area contributed by atoms with Crippen LogP contribution in [0.1, 0.15) is 0 Å². The van der Waals surface area contributed by atoms with Gasteiger partial charge in [-0.05, 0) is 23.9 Å². The van der Waals surface area contributed by atoms with Gasteiger partial charge in [0.25, 0.3) is 0 Å². The van der Waals surface area contributed by atoms with E-state index in [2.05, 4.69) is 23.3 Å². The van der Waals surface area contributed by atoms with E-state index < -0.39 is 0 Å². The molecule has 0 spiro atoms. The van der Waals surface area contributed by atoms with Gasteiger partial charge in [-0.1, -0.05) is 17.2 Å². The first kappa shape index (κ1) is 18.7. The van der Waals surface area contributed by atoms with Gasteiger partial charge in [0.15, 0.2) is 0 Å². The van der Waals surface area contributed by atoms with Crippen molar-refractivity contribution in [3.05, 3.63) is 12.1 Å². The van der Waals surface area contributed by atoms with Crippen molar-refractivity contribution < 1.29 is 18.9 Å². The Labute approximate surface area is 145 Å². The molecule has 0 saturated heterocycles. The second-order valence-electron chi connectivity index (χ2n) is 4.69. The predicted molar refractivity (Wildman–Crippen MR) is 101 cm³/mol. The third kappa shape index (κ3) is 3.55. The van der Waals surface area contributed by atoms with E-state index in [1.807, 2.05) is 12.1 Å². The van der Waals surface area contributed by atoms with E-state index in [9.17, 15) is 0 Å². The Bertz CT molecular complexity index is 614. The molecule has 130 valence electrons. The molecule has 0 aromatic carbocycles. The van der Waals surface area contributed by atoms with Crippen LogP contribution in [0.15, 0.2) is 12.1 Å². The number of ether oxygens (including phenoxy) is 4. The predicted octanol–water partition coefficient (Wildman–Crippen LogP) is 2.05. The number of pyridine rings is 2. The van der Waals surface area contributed by atoms with Crippen LogP contribution in [0.5, 0.6) is 23.5 Å². The van der Waals surface area contributed by atoms with Crippen molar-refractivity contribution in [3.8, 4) is 34.6 Å². The molecule has 0 aliphatic rings. The van der Waals surface area contributed by atoms with Gasteiger partial charge in [-0.25, -0.2) is 0 Å². The summed E-state index contributed by atoms with van der Waals surface area (Å²) in [5.74, 6) is 2.06. The third-order valence-electron chi connectivity index (χ3n) is 3.52. The van der Waals surface area contributed by atoms with Gasteiger partial charge in [0, 0.05) is 12.1 Å². The topological polar surface area (TPSA) is 62.7 Å². The highest BCUT2D eigenvalue weighted by Crippen LogP contribution is 2.38. The minimum absolute atomic E-state index is 0.503. The zero-order valence-corrected chi connectivity index (χ0v) is 16.7. The molecule has 0 N–H and O–H groups in total. The van der Waals surface area contributed by atoms with E-state index in [4.69, 9.17) is 18.9 Å². The number of rotatable bonds is 7. The fourth-order valence-electron chi connectivity index (χ4n) is 2.38. The molecule has 2 aromatic heterocycles. The quantitative estimate of drug-likeness (QED) is 0.697. The van der Waals surface area contributed by atoms with Crippen LogP contribution in [-0.2, 0) is 0 Å². The Hall–Kier alpha value is -1.64. The molecule has 0 bridgehead atoms. The molecule has 8 heteroatoms. The summed E-state index contributed by atoms with van der Waals surface area (Å²) in [6, 6.07) is 3.87. The van der Waals surface area contributed by atoms with Crippen LogP contribution >= 0.6 is 17.2 Å². The zero-order valence-electron chi connectivity index (χ0n) is 14.7. The third-order valence-corrected chi connectivity index (χ3v) is 5.39. The average molecular weight is 368 g/mol. The Kier molecular flexibility index (Phi) is 6.59. The lowest BCUT2D eigenvalue weighted by Crippen LogP contribution is -2.14. The molecule has 0 radical (unpaired) electrons. The number of methoxy groups -OCH3 is 4. The minimum Gasteiger partial charge on any atom is -0.481 e. The van der Waals surface area contributed by atoms with Crippen LogP contribution in [0.3, 0.4) is 0 Å². The van der Waals surface area contributed by atoms with Gasteiger partial charge in [0.05, 0.1) is 39.6 Å². The molecule has 0 fully saturated rings. The van der Waals surface area contributed by atoms with Crippen molar-refractivity contribution in [2.75, 3.05) is 41.8 Å². The van der Waals surface area contributed by atoms with Gasteiger partial charge in [-0.15, -0.1) is 0 Å². The molecule has 0 amide bonds. The first-order chi connectivity index (χ1) is 11.6. The molecule has 2 unspecified atom stereocenters. The number of hydrogen-bond donors (Lipinski definition) is 0. The SMILES string of the molecule is COc1cc(PC)c(-c2c(PC)cc(OC)nc2OC)c(OC)n1. The minimum atomic E-state index is 0.503. The van der Waals surface area contributed by atoms with Gasteiger partial charge in [-0.3, -0.25) is 0 Å². The Morgan fingerprint density at radius 3 is 1.29 bits per heavy atom. The standard InChI is InChI=1S/C16H22N2O4P2/c1-19-11-7-9(23-5)13(15(17-11)21-3)14-10(24-6)8-12(20-2)18-16(14)22-4/h7-8,23-24H,1-6H3. The summed E-state index contributed by atoms with van der Waals surface area (Å²) in [6.45, 7) is 4.21. The van der Waals surface area contributed by atoms with Gasteiger partial charge < -0.3 is 18.9 Å². The smallest absolute Gasteiger partial charge is 0.225 e. The average Bonchev–Trinajstić information content (AvgIpc) is 2.65. The van der Waals surface area contributed by atoms with Crippen molar-refractivity contribution in [1.82, 2.24) is 9.97 Å². The summed E-state index contributed by atoms with van der Waals surface area (Å²) >= 11 is 0. The van der Waals surface area contributed by atoms with E-state index in [0.29, 0.717) is 40.7 Å². The van der Waals surface area contributed by atoms with Crippen LogP contribution in [0.2, 0.25) is 0 Å². The van der Waals surface area contributed by atoms with Gasteiger partial charge in [0.2, 0.25) is 23.5 Å². The van der Waals surface area contributed by atoms with E-state index in [0.717, 1.165) is 21.7 Å². The van der Waals surface area contributed by atoms with Crippen molar-refractivity contribution in [2.45, 2.75) is 0 Å². The lowest BCUT2D eigenvalue weighted by molar-refractivity contribution is 0.362. The number of nitrogens with zero attached hydrogens (tertiary/aromatic N) is 2. The van der Waals surface area contributed by atoms with Crippen LogP contribution in [0.4, 0.5) is 0 Å². The summed E-state index contributed by atoms with van der Waals surface area (Å²) in [6.07, 6.45) is 0. The Morgan fingerprint density at radius 1 is 0.667 bits per heavy atom. The molecule has 2 heterocycles. The largest absolute Gasteiger partial charge is 0.481 e. The molecule has 24 heavy (non-hydrogen) atoms. The molecule has 6 nitrogen and oxygen atoms in total. The van der Waals surface area contributed by atoms with Crippen molar-refractivity contribution in [3.63, 3.8) is 0 Å². The first-order valence-corrected chi connectivity index (χ1v) is 10.2. The van der Waals surface area contributed by atoms with Crippen LogP contribution in [0.25, 0.3) is 11.1 Å². The van der Waals surface area contributed by atoms with E-state index in [1.165, 1.54) is 0 Å². The normalized spacial score (nSPS) is 11.4. The molecule has 0 aliphatic heterocycles. The van der Waals surface area contributed by atoms with Crippen LogP contribution in [0, 0.1) is 0 Å². The number of hydrogen-bond acceptors (Lipinski definition) is 6. The highest BCUT2D eigenvalue weighted by atomic mass is 31.1. The molecule has 2 atom stereocenters. The summed E-state index contributed by atoms with van der Waals surface area (Å²) < 4.78 is 21.7. The molecular weight excluding hydrogens is 346 g/mol. The van der Waals surface area contributed by atoms with E-state index in [-0.39, 0.29) is 0 Å².